The van der Waals surface area contributed by atoms with Crippen LogP contribution in [0.5, 0.6) is 0 Å². The molecule has 0 N–H and O–H groups in total. The van der Waals surface area contributed by atoms with E-state index in [-0.39, 0.29) is 11.8 Å². The van der Waals surface area contributed by atoms with Gasteiger partial charge < -0.3 is 9.80 Å². The van der Waals surface area contributed by atoms with E-state index in [9.17, 15) is 9.59 Å². The molecule has 4 nitrogen and oxygen atoms in total. The van der Waals surface area contributed by atoms with Crippen molar-refractivity contribution in [2.24, 2.45) is 5.92 Å². The highest BCUT2D eigenvalue weighted by molar-refractivity contribution is 5.98. The fourth-order valence-electron chi connectivity index (χ4n) is 2.89. The zero-order valence-corrected chi connectivity index (χ0v) is 11.1. The molecule has 0 bridgehead atoms. The standard InChI is InChI=1S/C15H18N2O2/c1-2-14(18)16-7-11(8-16)9-17-10-12-5-3-4-6-13(12)15(17)19/h3-6,11H,2,7-10H2,1H3. The van der Waals surface area contributed by atoms with Crippen molar-refractivity contribution in [3.8, 4) is 0 Å². The second kappa shape index (κ2) is 4.68. The van der Waals surface area contributed by atoms with Gasteiger partial charge in [-0.2, -0.15) is 0 Å². The second-order valence-corrected chi connectivity index (χ2v) is 5.36. The highest BCUT2D eigenvalue weighted by Crippen LogP contribution is 2.25. The first-order valence-electron chi connectivity index (χ1n) is 6.84. The molecule has 0 saturated carbocycles. The Hall–Kier alpha value is -1.84. The van der Waals surface area contributed by atoms with Crippen LogP contribution in [-0.2, 0) is 11.3 Å². The number of hydrogen-bond acceptors (Lipinski definition) is 2. The van der Waals surface area contributed by atoms with Crippen LogP contribution in [-0.4, -0.2) is 41.2 Å². The maximum absolute atomic E-state index is 12.2. The van der Waals surface area contributed by atoms with Crippen molar-refractivity contribution >= 4 is 11.8 Å². The molecule has 0 aliphatic carbocycles. The number of hydrogen-bond donors (Lipinski definition) is 0. The molecule has 1 saturated heterocycles. The van der Waals surface area contributed by atoms with Crippen molar-refractivity contribution in [3.63, 3.8) is 0 Å². The van der Waals surface area contributed by atoms with E-state index in [0.29, 0.717) is 18.9 Å². The largest absolute Gasteiger partial charge is 0.342 e. The number of carbonyl (C=O) groups is 2. The number of likely N-dealkylation sites (tertiary alicyclic amines) is 1. The fourth-order valence-corrected chi connectivity index (χ4v) is 2.89. The lowest BCUT2D eigenvalue weighted by Crippen LogP contribution is -2.53. The van der Waals surface area contributed by atoms with Gasteiger partial charge in [-0.05, 0) is 11.6 Å². The summed E-state index contributed by atoms with van der Waals surface area (Å²) in [4.78, 5) is 27.4. The average Bonchev–Trinajstić information content (AvgIpc) is 2.70. The summed E-state index contributed by atoms with van der Waals surface area (Å²) in [5, 5.41) is 0. The Morgan fingerprint density at radius 1 is 1.32 bits per heavy atom. The van der Waals surface area contributed by atoms with Crippen molar-refractivity contribution in [1.82, 2.24) is 9.80 Å². The number of rotatable bonds is 3. The van der Waals surface area contributed by atoms with Crippen molar-refractivity contribution in [1.29, 1.82) is 0 Å². The van der Waals surface area contributed by atoms with Gasteiger partial charge in [0.2, 0.25) is 5.91 Å². The van der Waals surface area contributed by atoms with Crippen molar-refractivity contribution in [2.45, 2.75) is 19.9 Å². The van der Waals surface area contributed by atoms with Gasteiger partial charge in [0.1, 0.15) is 0 Å². The van der Waals surface area contributed by atoms with Crippen molar-refractivity contribution < 1.29 is 9.59 Å². The third-order valence-electron chi connectivity index (χ3n) is 3.99. The monoisotopic (exact) mass is 258 g/mol. The van der Waals surface area contributed by atoms with Gasteiger partial charge in [-0.3, -0.25) is 9.59 Å². The Labute approximate surface area is 113 Å². The highest BCUT2D eigenvalue weighted by Gasteiger charge is 2.34. The van der Waals surface area contributed by atoms with Crippen LogP contribution in [0.15, 0.2) is 24.3 Å². The molecule has 2 heterocycles. The molecule has 100 valence electrons. The summed E-state index contributed by atoms with van der Waals surface area (Å²) < 4.78 is 0. The van der Waals surface area contributed by atoms with Crippen LogP contribution in [0.3, 0.4) is 0 Å². The predicted octanol–water partition coefficient (Wildman–Crippen LogP) is 1.51. The van der Waals surface area contributed by atoms with Gasteiger partial charge in [0.15, 0.2) is 0 Å². The minimum Gasteiger partial charge on any atom is -0.342 e. The van der Waals surface area contributed by atoms with E-state index < -0.39 is 0 Å². The number of nitrogens with zero attached hydrogens (tertiary/aromatic N) is 2. The predicted molar refractivity (Wildman–Crippen MR) is 71.5 cm³/mol. The Bertz CT molecular complexity index is 521. The lowest BCUT2D eigenvalue weighted by atomic mass is 9.99. The Morgan fingerprint density at radius 3 is 2.74 bits per heavy atom. The molecule has 0 aromatic heterocycles. The highest BCUT2D eigenvalue weighted by atomic mass is 16.2. The van der Waals surface area contributed by atoms with E-state index in [2.05, 4.69) is 0 Å². The molecule has 4 heteroatoms. The Balaban J connectivity index is 1.57. The van der Waals surface area contributed by atoms with Crippen LogP contribution in [0.2, 0.25) is 0 Å². The molecule has 0 atom stereocenters. The number of fused-ring (bicyclic) bond motifs is 1. The van der Waals surface area contributed by atoms with Gasteiger partial charge in [0.05, 0.1) is 0 Å². The van der Waals surface area contributed by atoms with Crippen LogP contribution in [0, 0.1) is 5.92 Å². The molecule has 0 spiro atoms. The third-order valence-corrected chi connectivity index (χ3v) is 3.99. The van der Waals surface area contributed by atoms with Gasteiger partial charge in [-0.1, -0.05) is 25.1 Å². The SMILES string of the molecule is CCC(=O)N1CC(CN2Cc3ccccc3C2=O)C1. The molecule has 1 aromatic rings. The molecular weight excluding hydrogens is 240 g/mol. The fraction of sp³-hybridized carbons (Fsp3) is 0.467. The normalized spacial score (nSPS) is 18.5. The molecule has 2 aliphatic heterocycles. The summed E-state index contributed by atoms with van der Waals surface area (Å²) in [6, 6.07) is 7.79. The van der Waals surface area contributed by atoms with E-state index in [1.807, 2.05) is 41.0 Å². The quantitative estimate of drug-likeness (QED) is 0.824. The maximum atomic E-state index is 12.2. The van der Waals surface area contributed by atoms with E-state index in [4.69, 9.17) is 0 Å². The number of amides is 2. The molecule has 2 aliphatic rings. The van der Waals surface area contributed by atoms with Crippen LogP contribution >= 0.6 is 0 Å². The lowest BCUT2D eigenvalue weighted by Gasteiger charge is -2.40. The summed E-state index contributed by atoms with van der Waals surface area (Å²) in [6.07, 6.45) is 0.570. The molecule has 1 aromatic carbocycles. The smallest absolute Gasteiger partial charge is 0.254 e. The number of carbonyl (C=O) groups excluding carboxylic acids is 2. The maximum Gasteiger partial charge on any atom is 0.254 e. The zero-order valence-electron chi connectivity index (χ0n) is 11.1. The van der Waals surface area contributed by atoms with E-state index in [0.717, 1.165) is 30.8 Å². The number of benzene rings is 1. The minimum absolute atomic E-state index is 0.135. The minimum atomic E-state index is 0.135. The van der Waals surface area contributed by atoms with Gasteiger partial charge in [0.25, 0.3) is 5.91 Å². The van der Waals surface area contributed by atoms with E-state index in [1.54, 1.807) is 0 Å². The Morgan fingerprint density at radius 2 is 2.05 bits per heavy atom. The van der Waals surface area contributed by atoms with Crippen LogP contribution < -0.4 is 0 Å². The van der Waals surface area contributed by atoms with E-state index in [1.165, 1.54) is 0 Å². The van der Waals surface area contributed by atoms with Crippen LogP contribution in [0.25, 0.3) is 0 Å². The first kappa shape index (κ1) is 12.2. The summed E-state index contributed by atoms with van der Waals surface area (Å²) in [5.41, 5.74) is 1.96. The van der Waals surface area contributed by atoms with E-state index >= 15 is 0 Å². The average molecular weight is 258 g/mol. The molecule has 19 heavy (non-hydrogen) atoms. The van der Waals surface area contributed by atoms with Crippen LogP contribution in [0.1, 0.15) is 29.3 Å². The lowest BCUT2D eigenvalue weighted by molar-refractivity contribution is -0.137. The molecule has 3 rings (SSSR count). The van der Waals surface area contributed by atoms with Gasteiger partial charge in [-0.25, -0.2) is 0 Å². The topological polar surface area (TPSA) is 40.6 Å². The molecule has 0 unspecified atom stereocenters. The van der Waals surface area contributed by atoms with Gasteiger partial charge in [-0.15, -0.1) is 0 Å². The molecule has 2 amide bonds. The van der Waals surface area contributed by atoms with Crippen LogP contribution in [0.4, 0.5) is 0 Å². The first-order valence-corrected chi connectivity index (χ1v) is 6.84. The molecular formula is C15H18N2O2. The van der Waals surface area contributed by atoms with Crippen molar-refractivity contribution in [2.75, 3.05) is 19.6 Å². The van der Waals surface area contributed by atoms with Crippen molar-refractivity contribution in [3.05, 3.63) is 35.4 Å². The molecule has 1 fully saturated rings. The summed E-state index contributed by atoms with van der Waals surface area (Å²) in [6.45, 7) is 4.96. The Kier molecular flexibility index (Phi) is 3.01. The summed E-state index contributed by atoms with van der Waals surface area (Å²) in [5.74, 6) is 0.789. The van der Waals surface area contributed by atoms with Gasteiger partial charge in [0, 0.05) is 44.1 Å². The first-order chi connectivity index (χ1) is 9.19. The van der Waals surface area contributed by atoms with Gasteiger partial charge >= 0.3 is 0 Å². The zero-order chi connectivity index (χ0) is 13.4. The molecule has 0 radical (unpaired) electrons. The second-order valence-electron chi connectivity index (χ2n) is 5.36. The third kappa shape index (κ3) is 2.11. The summed E-state index contributed by atoms with van der Waals surface area (Å²) in [7, 11) is 0. The summed E-state index contributed by atoms with van der Waals surface area (Å²) >= 11 is 0.